The fraction of sp³-hybridized carbons (Fsp3) is 0.222. The fourth-order valence-corrected chi connectivity index (χ4v) is 3.86. The monoisotopic (exact) mass is 405 g/mol. The third-order valence-corrected chi connectivity index (χ3v) is 5.21. The normalized spacial score (nSPS) is 11.9. The summed E-state index contributed by atoms with van der Waals surface area (Å²) in [7, 11) is 0. The first kappa shape index (κ1) is 19.2. The maximum atomic E-state index is 12.6. The first-order valence-electron chi connectivity index (χ1n) is 8.20. The van der Waals surface area contributed by atoms with Gasteiger partial charge in [-0.2, -0.15) is 4.99 Å². The number of nitro groups is 1. The molecule has 0 N–H and O–H groups in total. The number of rotatable bonds is 6. The van der Waals surface area contributed by atoms with E-state index >= 15 is 0 Å². The average molecular weight is 406 g/mol. The van der Waals surface area contributed by atoms with E-state index in [9.17, 15) is 14.9 Å². The summed E-state index contributed by atoms with van der Waals surface area (Å²) >= 11 is 7.30. The maximum absolute atomic E-state index is 12.6. The Bertz CT molecular complexity index is 1070. The molecule has 0 spiro atoms. The van der Waals surface area contributed by atoms with E-state index in [-0.39, 0.29) is 5.69 Å². The predicted molar refractivity (Wildman–Crippen MR) is 104 cm³/mol. The molecule has 1 amide bonds. The van der Waals surface area contributed by atoms with Gasteiger partial charge in [0.05, 0.1) is 32.3 Å². The molecular formula is C18H16ClN3O4S. The van der Waals surface area contributed by atoms with Crippen LogP contribution in [0.1, 0.15) is 17.3 Å². The molecular weight excluding hydrogens is 390 g/mol. The lowest BCUT2D eigenvalue weighted by atomic mass is 10.2. The number of nitrogens with zero attached hydrogens (tertiary/aromatic N) is 3. The van der Waals surface area contributed by atoms with Gasteiger partial charge in [-0.25, -0.2) is 0 Å². The van der Waals surface area contributed by atoms with Gasteiger partial charge in [0.25, 0.3) is 11.6 Å². The molecule has 7 nitrogen and oxygen atoms in total. The molecule has 140 valence electrons. The molecule has 1 aromatic heterocycles. The number of ether oxygens (including phenoxy) is 1. The Balaban J connectivity index is 2.11. The fourth-order valence-electron chi connectivity index (χ4n) is 2.56. The highest BCUT2D eigenvalue weighted by atomic mass is 35.5. The first-order chi connectivity index (χ1) is 13.0. The van der Waals surface area contributed by atoms with Crippen LogP contribution in [0.2, 0.25) is 5.02 Å². The molecule has 0 atom stereocenters. The number of thiazole rings is 1. The number of nitro benzene ring substituents is 1. The van der Waals surface area contributed by atoms with Crippen molar-refractivity contribution in [1.29, 1.82) is 0 Å². The van der Waals surface area contributed by atoms with Crippen LogP contribution in [0.5, 0.6) is 0 Å². The molecule has 0 unspecified atom stereocenters. The molecule has 27 heavy (non-hydrogen) atoms. The summed E-state index contributed by atoms with van der Waals surface area (Å²) < 4.78 is 7.91. The lowest BCUT2D eigenvalue weighted by molar-refractivity contribution is -0.384. The highest BCUT2D eigenvalue weighted by molar-refractivity contribution is 7.16. The van der Waals surface area contributed by atoms with Gasteiger partial charge in [-0.05, 0) is 25.1 Å². The Morgan fingerprint density at radius 3 is 2.81 bits per heavy atom. The van der Waals surface area contributed by atoms with Crippen molar-refractivity contribution in [2.75, 3.05) is 13.2 Å². The third-order valence-electron chi connectivity index (χ3n) is 3.84. The number of amides is 1. The van der Waals surface area contributed by atoms with E-state index in [1.54, 1.807) is 30.3 Å². The van der Waals surface area contributed by atoms with Crippen molar-refractivity contribution in [2.24, 2.45) is 4.99 Å². The van der Waals surface area contributed by atoms with Crippen molar-refractivity contribution in [3.05, 3.63) is 68.0 Å². The maximum Gasteiger partial charge on any atom is 0.281 e. The van der Waals surface area contributed by atoms with Gasteiger partial charge in [0, 0.05) is 25.3 Å². The number of carbonyl (C=O) groups is 1. The minimum atomic E-state index is -0.466. The van der Waals surface area contributed by atoms with E-state index in [1.807, 2.05) is 11.5 Å². The van der Waals surface area contributed by atoms with E-state index in [1.165, 1.54) is 23.5 Å². The van der Waals surface area contributed by atoms with Crippen LogP contribution in [0.4, 0.5) is 5.69 Å². The van der Waals surface area contributed by atoms with Crippen LogP contribution < -0.4 is 4.80 Å². The SMILES string of the molecule is CCOCCn1c(=NC(=O)c2ccccc2Cl)sc2cc([N+](=O)[O-])ccc21. The van der Waals surface area contributed by atoms with Crippen molar-refractivity contribution >= 4 is 44.7 Å². The van der Waals surface area contributed by atoms with Crippen LogP contribution in [0.3, 0.4) is 0 Å². The van der Waals surface area contributed by atoms with E-state index in [0.29, 0.717) is 39.8 Å². The van der Waals surface area contributed by atoms with Gasteiger partial charge in [-0.3, -0.25) is 14.9 Å². The molecule has 0 fully saturated rings. The highest BCUT2D eigenvalue weighted by Gasteiger charge is 2.14. The topological polar surface area (TPSA) is 86.7 Å². The molecule has 0 aliphatic carbocycles. The number of non-ortho nitro benzene ring substituents is 1. The molecule has 2 aromatic carbocycles. The van der Waals surface area contributed by atoms with Crippen molar-refractivity contribution in [1.82, 2.24) is 4.57 Å². The zero-order chi connectivity index (χ0) is 19.4. The largest absolute Gasteiger partial charge is 0.380 e. The number of hydrogen-bond acceptors (Lipinski definition) is 5. The molecule has 9 heteroatoms. The average Bonchev–Trinajstić information content (AvgIpc) is 2.98. The second-order valence-electron chi connectivity index (χ2n) is 5.54. The van der Waals surface area contributed by atoms with Gasteiger partial charge in [-0.15, -0.1) is 0 Å². The van der Waals surface area contributed by atoms with Crippen LogP contribution >= 0.6 is 22.9 Å². The molecule has 3 aromatic rings. The Morgan fingerprint density at radius 1 is 1.33 bits per heavy atom. The number of fused-ring (bicyclic) bond motifs is 1. The minimum absolute atomic E-state index is 0.00955. The summed E-state index contributed by atoms with van der Waals surface area (Å²) in [6.45, 7) is 3.37. The van der Waals surface area contributed by atoms with Crippen molar-refractivity contribution in [3.63, 3.8) is 0 Å². The third kappa shape index (κ3) is 4.24. The molecule has 0 saturated heterocycles. The van der Waals surface area contributed by atoms with Gasteiger partial charge in [-0.1, -0.05) is 35.1 Å². The standard InChI is InChI=1S/C18H16ClN3O4S/c1-2-26-10-9-21-15-8-7-12(22(24)25)11-16(15)27-18(21)20-17(23)13-5-3-4-6-14(13)19/h3-8,11H,2,9-10H2,1H3. The van der Waals surface area contributed by atoms with Gasteiger partial charge in [0.2, 0.25) is 0 Å². The number of hydrogen-bond donors (Lipinski definition) is 0. The Morgan fingerprint density at radius 2 is 2.11 bits per heavy atom. The van der Waals surface area contributed by atoms with E-state index in [0.717, 1.165) is 5.52 Å². The lowest BCUT2D eigenvalue weighted by Gasteiger charge is -2.05. The number of halogens is 1. The zero-order valence-corrected chi connectivity index (χ0v) is 16.0. The molecule has 1 heterocycles. The summed E-state index contributed by atoms with van der Waals surface area (Å²) in [4.78, 5) is 27.8. The van der Waals surface area contributed by atoms with Crippen LogP contribution in [-0.2, 0) is 11.3 Å². The van der Waals surface area contributed by atoms with Gasteiger partial charge in [0.15, 0.2) is 4.80 Å². The molecule has 0 bridgehead atoms. The summed E-state index contributed by atoms with van der Waals surface area (Å²) in [6.07, 6.45) is 0. The number of benzene rings is 2. The second kappa shape index (κ2) is 8.43. The molecule has 0 radical (unpaired) electrons. The molecule has 0 saturated carbocycles. The predicted octanol–water partition coefficient (Wildman–Crippen LogP) is 4.04. The lowest BCUT2D eigenvalue weighted by Crippen LogP contribution is -2.19. The Labute approximate surface area is 163 Å². The summed E-state index contributed by atoms with van der Waals surface area (Å²) in [5.41, 5.74) is 1.06. The van der Waals surface area contributed by atoms with E-state index in [2.05, 4.69) is 4.99 Å². The zero-order valence-electron chi connectivity index (χ0n) is 14.4. The van der Waals surface area contributed by atoms with Crippen LogP contribution in [0, 0.1) is 10.1 Å². The quantitative estimate of drug-likeness (QED) is 0.352. The molecule has 0 aliphatic rings. The van der Waals surface area contributed by atoms with Crippen molar-refractivity contribution in [3.8, 4) is 0 Å². The smallest absolute Gasteiger partial charge is 0.281 e. The van der Waals surface area contributed by atoms with E-state index in [4.69, 9.17) is 16.3 Å². The van der Waals surface area contributed by atoms with Gasteiger partial charge >= 0.3 is 0 Å². The Kier molecular flexibility index (Phi) is 6.00. The first-order valence-corrected chi connectivity index (χ1v) is 9.40. The second-order valence-corrected chi connectivity index (χ2v) is 6.96. The summed E-state index contributed by atoms with van der Waals surface area (Å²) in [5.74, 6) is -0.466. The molecule has 3 rings (SSSR count). The van der Waals surface area contributed by atoms with Crippen LogP contribution in [0.25, 0.3) is 10.2 Å². The van der Waals surface area contributed by atoms with Crippen LogP contribution in [0.15, 0.2) is 47.5 Å². The number of aromatic nitrogens is 1. The Hall–Kier alpha value is -2.55. The highest BCUT2D eigenvalue weighted by Crippen LogP contribution is 2.23. The van der Waals surface area contributed by atoms with Gasteiger partial charge in [0.1, 0.15) is 0 Å². The van der Waals surface area contributed by atoms with Crippen molar-refractivity contribution < 1.29 is 14.5 Å². The summed E-state index contributed by atoms with van der Waals surface area (Å²) in [5, 5.41) is 11.4. The van der Waals surface area contributed by atoms with Gasteiger partial charge < -0.3 is 9.30 Å². The number of carbonyl (C=O) groups excluding carboxylic acids is 1. The molecule has 0 aliphatic heterocycles. The van der Waals surface area contributed by atoms with E-state index < -0.39 is 10.8 Å². The van der Waals surface area contributed by atoms with Crippen molar-refractivity contribution in [2.45, 2.75) is 13.5 Å². The minimum Gasteiger partial charge on any atom is -0.380 e. The summed E-state index contributed by atoms with van der Waals surface area (Å²) in [6, 6.07) is 11.3. The van der Waals surface area contributed by atoms with Crippen LogP contribution in [-0.4, -0.2) is 28.6 Å².